The van der Waals surface area contributed by atoms with Crippen molar-refractivity contribution in [3.05, 3.63) is 45.9 Å². The van der Waals surface area contributed by atoms with Crippen LogP contribution in [0.25, 0.3) is 10.6 Å². The number of carbonyl (C=O) groups is 1. The van der Waals surface area contributed by atoms with Crippen LogP contribution in [0.1, 0.15) is 29.1 Å². The van der Waals surface area contributed by atoms with Crippen LogP contribution in [0.3, 0.4) is 0 Å². The van der Waals surface area contributed by atoms with Gasteiger partial charge in [0.2, 0.25) is 5.91 Å². The van der Waals surface area contributed by atoms with Crippen molar-refractivity contribution in [3.63, 3.8) is 0 Å². The maximum absolute atomic E-state index is 12.6. The Morgan fingerprint density at radius 2 is 1.87 bits per heavy atom. The molecule has 1 saturated carbocycles. The number of amides is 1. The predicted molar refractivity (Wildman–Crippen MR) is 110 cm³/mol. The molecule has 0 bridgehead atoms. The maximum atomic E-state index is 12.6. The molecule has 30 heavy (non-hydrogen) atoms. The highest BCUT2D eigenvalue weighted by atomic mass is 32.1. The summed E-state index contributed by atoms with van der Waals surface area (Å²) in [6, 6.07) is 4.59. The molecule has 0 saturated heterocycles. The molecule has 5 nitrogen and oxygen atoms in total. The molecular weight excluding hydrogens is 435 g/mol. The fourth-order valence-corrected chi connectivity index (χ4v) is 4.86. The average Bonchev–Trinajstić information content (AvgIpc) is 3.22. The summed E-state index contributed by atoms with van der Waals surface area (Å²) in [6.45, 7) is 3.87. The normalized spacial score (nSPS) is 18.7. The highest BCUT2D eigenvalue weighted by molar-refractivity contribution is 7.16. The van der Waals surface area contributed by atoms with Crippen LogP contribution in [0.5, 0.6) is 5.75 Å². The van der Waals surface area contributed by atoms with Crippen molar-refractivity contribution < 1.29 is 22.7 Å². The van der Waals surface area contributed by atoms with E-state index in [4.69, 9.17) is 4.74 Å². The van der Waals surface area contributed by atoms with Crippen LogP contribution in [0.2, 0.25) is 0 Å². The number of ether oxygens (including phenoxy) is 1. The van der Waals surface area contributed by atoms with Gasteiger partial charge in [-0.2, -0.15) is 13.2 Å². The molecule has 0 aliphatic heterocycles. The van der Waals surface area contributed by atoms with Crippen LogP contribution in [-0.2, 0) is 11.0 Å². The predicted octanol–water partition coefficient (Wildman–Crippen LogP) is 5.70. The number of anilines is 1. The molecule has 0 atom stereocenters. The zero-order valence-corrected chi connectivity index (χ0v) is 17.7. The van der Waals surface area contributed by atoms with Crippen molar-refractivity contribution in [3.8, 4) is 16.3 Å². The average molecular weight is 454 g/mol. The van der Waals surface area contributed by atoms with Gasteiger partial charge in [-0.3, -0.25) is 4.79 Å². The molecular formula is C20H18F3N3O2S2. The summed E-state index contributed by atoms with van der Waals surface area (Å²) in [5, 5.41) is 6.24. The van der Waals surface area contributed by atoms with Gasteiger partial charge in [0.1, 0.15) is 11.9 Å². The lowest BCUT2D eigenvalue weighted by molar-refractivity contribution is -0.137. The fraction of sp³-hybridized carbons (Fsp3) is 0.350. The monoisotopic (exact) mass is 453 g/mol. The van der Waals surface area contributed by atoms with Crippen LogP contribution >= 0.6 is 22.7 Å². The van der Waals surface area contributed by atoms with Gasteiger partial charge in [0.05, 0.1) is 26.8 Å². The van der Waals surface area contributed by atoms with Crippen LogP contribution in [0.15, 0.2) is 29.6 Å². The third kappa shape index (κ3) is 4.49. The first-order valence-electron chi connectivity index (χ1n) is 9.24. The molecule has 158 valence electrons. The SMILES string of the molecule is Cc1nc(C)c(-c2csc(NC(=O)[C@H]3C[C@H](Oc4ccc(C(F)(F)F)cc4)C3)n2)s1. The number of hydrogen-bond donors (Lipinski definition) is 1. The van der Waals surface area contributed by atoms with Gasteiger partial charge in [-0.05, 0) is 51.0 Å². The Hall–Kier alpha value is -2.46. The van der Waals surface area contributed by atoms with E-state index in [0.29, 0.717) is 23.7 Å². The van der Waals surface area contributed by atoms with Gasteiger partial charge in [-0.15, -0.1) is 22.7 Å². The Bertz CT molecular complexity index is 1050. The van der Waals surface area contributed by atoms with E-state index in [9.17, 15) is 18.0 Å². The topological polar surface area (TPSA) is 64.1 Å². The number of hydrogen-bond acceptors (Lipinski definition) is 6. The summed E-state index contributed by atoms with van der Waals surface area (Å²) in [5.41, 5.74) is 1.01. The quantitative estimate of drug-likeness (QED) is 0.538. The van der Waals surface area contributed by atoms with Crippen LogP contribution in [0.4, 0.5) is 18.3 Å². The van der Waals surface area contributed by atoms with Crippen molar-refractivity contribution in [2.75, 3.05) is 5.32 Å². The highest BCUT2D eigenvalue weighted by Crippen LogP contribution is 2.36. The standard InChI is InChI=1S/C20H18F3N3O2S2/c1-10-17(30-11(2)24-10)16-9-29-19(25-16)26-18(27)12-7-15(8-12)28-14-5-3-13(4-6-14)20(21,22)23/h3-6,9,12,15H,7-8H2,1-2H3,(H,25,26,27)/t12-,15-. The Labute approximate surface area is 179 Å². The Balaban J connectivity index is 1.28. The highest BCUT2D eigenvalue weighted by Gasteiger charge is 2.37. The second-order valence-electron chi connectivity index (χ2n) is 7.10. The summed E-state index contributed by atoms with van der Waals surface area (Å²) < 4.78 is 43.5. The summed E-state index contributed by atoms with van der Waals surface area (Å²) in [4.78, 5) is 22.3. The van der Waals surface area contributed by atoms with E-state index < -0.39 is 11.7 Å². The third-order valence-electron chi connectivity index (χ3n) is 4.82. The van der Waals surface area contributed by atoms with Gasteiger partial charge in [0, 0.05) is 11.3 Å². The van der Waals surface area contributed by atoms with Gasteiger partial charge in [-0.25, -0.2) is 9.97 Å². The van der Waals surface area contributed by atoms with Gasteiger partial charge in [-0.1, -0.05) is 0 Å². The van der Waals surface area contributed by atoms with Crippen molar-refractivity contribution in [1.29, 1.82) is 0 Å². The van der Waals surface area contributed by atoms with Crippen molar-refractivity contribution >= 4 is 33.7 Å². The second-order valence-corrected chi connectivity index (χ2v) is 9.17. The molecule has 4 rings (SSSR count). The zero-order valence-electron chi connectivity index (χ0n) is 16.1. The van der Waals surface area contributed by atoms with E-state index in [0.717, 1.165) is 33.4 Å². The van der Waals surface area contributed by atoms with E-state index in [1.165, 1.54) is 23.5 Å². The van der Waals surface area contributed by atoms with Crippen molar-refractivity contribution in [2.45, 2.75) is 39.0 Å². The summed E-state index contributed by atoms with van der Waals surface area (Å²) in [5.74, 6) is 0.0382. The molecule has 1 amide bonds. The number of aryl methyl sites for hydroxylation is 2. The Morgan fingerprint density at radius 3 is 2.47 bits per heavy atom. The van der Waals surface area contributed by atoms with Crippen LogP contribution in [-0.4, -0.2) is 22.0 Å². The van der Waals surface area contributed by atoms with E-state index in [2.05, 4.69) is 15.3 Å². The number of carbonyl (C=O) groups excluding carboxylic acids is 1. The summed E-state index contributed by atoms with van der Waals surface area (Å²) in [7, 11) is 0. The van der Waals surface area contributed by atoms with E-state index >= 15 is 0 Å². The molecule has 10 heteroatoms. The van der Waals surface area contributed by atoms with Gasteiger partial charge in [0.15, 0.2) is 5.13 Å². The molecule has 1 N–H and O–H groups in total. The first kappa shape index (κ1) is 20.8. The van der Waals surface area contributed by atoms with Gasteiger partial charge < -0.3 is 10.1 Å². The fourth-order valence-electron chi connectivity index (χ4n) is 3.20. The molecule has 0 radical (unpaired) electrons. The first-order valence-corrected chi connectivity index (χ1v) is 10.9. The van der Waals surface area contributed by atoms with E-state index in [1.807, 2.05) is 19.2 Å². The minimum Gasteiger partial charge on any atom is -0.490 e. The molecule has 1 fully saturated rings. The minimum absolute atomic E-state index is 0.125. The van der Waals surface area contributed by atoms with Gasteiger partial charge >= 0.3 is 6.18 Å². The van der Waals surface area contributed by atoms with E-state index in [-0.39, 0.29) is 17.9 Å². The molecule has 2 aromatic heterocycles. The number of thiazole rings is 2. The van der Waals surface area contributed by atoms with Crippen molar-refractivity contribution in [2.24, 2.45) is 5.92 Å². The van der Waals surface area contributed by atoms with E-state index in [1.54, 1.807) is 11.3 Å². The number of benzene rings is 1. The molecule has 3 aromatic rings. The van der Waals surface area contributed by atoms with Crippen LogP contribution < -0.4 is 10.1 Å². The zero-order chi connectivity index (χ0) is 21.5. The number of rotatable bonds is 5. The number of nitrogens with one attached hydrogen (secondary N) is 1. The third-order valence-corrected chi connectivity index (χ3v) is 6.67. The molecule has 0 unspecified atom stereocenters. The van der Waals surface area contributed by atoms with Crippen LogP contribution in [0, 0.1) is 19.8 Å². The molecule has 1 aliphatic carbocycles. The maximum Gasteiger partial charge on any atom is 0.416 e. The summed E-state index contributed by atoms with van der Waals surface area (Å²) in [6.07, 6.45) is -3.53. The minimum atomic E-state index is -4.37. The number of nitrogens with zero attached hydrogens (tertiary/aromatic N) is 2. The number of halogens is 3. The lowest BCUT2D eigenvalue weighted by atomic mass is 9.81. The first-order chi connectivity index (χ1) is 14.2. The number of aromatic nitrogens is 2. The van der Waals surface area contributed by atoms with Gasteiger partial charge in [0.25, 0.3) is 0 Å². The second kappa shape index (κ2) is 7.99. The molecule has 1 aromatic carbocycles. The lowest BCUT2D eigenvalue weighted by Gasteiger charge is -2.34. The van der Waals surface area contributed by atoms with Crippen molar-refractivity contribution in [1.82, 2.24) is 9.97 Å². The molecule has 2 heterocycles. The largest absolute Gasteiger partial charge is 0.490 e. The number of alkyl halides is 3. The molecule has 1 aliphatic rings. The molecule has 0 spiro atoms. The smallest absolute Gasteiger partial charge is 0.416 e. The Kier molecular flexibility index (Phi) is 5.54. The Morgan fingerprint density at radius 1 is 1.17 bits per heavy atom. The summed E-state index contributed by atoms with van der Waals surface area (Å²) >= 11 is 2.93. The lowest BCUT2D eigenvalue weighted by Crippen LogP contribution is -2.40.